The van der Waals surface area contributed by atoms with E-state index in [1.165, 1.54) is 19.4 Å². The Kier molecular flexibility index (Phi) is 13.1. The monoisotopic (exact) mass is 537 g/mol. The molecule has 0 saturated heterocycles. The molecule has 0 saturated carbocycles. The molecule has 5 amide bonds. The van der Waals surface area contributed by atoms with E-state index in [-0.39, 0.29) is 37.9 Å². The lowest BCUT2D eigenvalue weighted by atomic mass is 10.0. The maximum Gasteiger partial charge on any atom is 0.305 e. The van der Waals surface area contributed by atoms with Crippen molar-refractivity contribution in [2.45, 2.75) is 77.0 Å². The molecule has 0 radical (unpaired) electrons. The number of nitrogens with two attached hydrogens (primary N) is 1. The van der Waals surface area contributed by atoms with Crippen molar-refractivity contribution in [3.05, 3.63) is 18.2 Å². The number of carbonyl (C=O) groups excluding carboxylic acids is 6. The largest absolute Gasteiger partial charge is 0.481 e. The number of aromatic nitrogens is 2. The number of rotatable bonds is 17. The summed E-state index contributed by atoms with van der Waals surface area (Å²) in [5.41, 5.74) is 5.58. The lowest BCUT2D eigenvalue weighted by Gasteiger charge is -2.26. The molecule has 0 aliphatic heterocycles. The van der Waals surface area contributed by atoms with Crippen molar-refractivity contribution in [1.82, 2.24) is 31.2 Å². The van der Waals surface area contributed by atoms with Crippen molar-refractivity contribution in [3.63, 3.8) is 0 Å². The molecule has 1 heterocycles. The minimum Gasteiger partial charge on any atom is -0.481 e. The zero-order chi connectivity index (χ0) is 28.8. The van der Waals surface area contributed by atoms with Gasteiger partial charge in [0.25, 0.3) is 0 Å². The van der Waals surface area contributed by atoms with E-state index in [1.54, 1.807) is 0 Å². The van der Waals surface area contributed by atoms with Gasteiger partial charge < -0.3 is 41.9 Å². The average Bonchev–Trinajstić information content (AvgIpc) is 3.32. The smallest absolute Gasteiger partial charge is 0.305 e. The molecule has 1 aromatic rings. The van der Waals surface area contributed by atoms with Crippen LogP contribution in [-0.2, 0) is 40.0 Å². The second-order valence-electron chi connectivity index (χ2n) is 9.12. The maximum atomic E-state index is 13.2. The normalized spacial score (nSPS) is 13.9. The summed E-state index contributed by atoms with van der Waals surface area (Å²) in [6.45, 7) is 4.93. The van der Waals surface area contributed by atoms with Crippen LogP contribution in [-0.4, -0.2) is 81.0 Å². The molecule has 0 aliphatic carbocycles. The minimum absolute atomic E-state index is 0.0222. The van der Waals surface area contributed by atoms with Crippen LogP contribution in [0.2, 0.25) is 0 Å². The van der Waals surface area contributed by atoms with Gasteiger partial charge in [-0.2, -0.15) is 0 Å². The summed E-state index contributed by atoms with van der Waals surface area (Å²) in [5.74, 6) is -4.86. The third kappa shape index (κ3) is 12.1. The van der Waals surface area contributed by atoms with Gasteiger partial charge in [0.1, 0.15) is 24.4 Å². The third-order valence-electron chi connectivity index (χ3n) is 5.20. The van der Waals surface area contributed by atoms with E-state index >= 15 is 0 Å². The molecule has 38 heavy (non-hydrogen) atoms. The first-order chi connectivity index (χ1) is 17.8. The van der Waals surface area contributed by atoms with Gasteiger partial charge >= 0.3 is 5.97 Å². The number of hydrogen-bond acceptors (Lipinski definition) is 8. The SMILES string of the molecule is CC(=O)N[C@@H](CC(C)C)C(=O)N[C@@H](CCC(N)=O)C(=O)N[C@@H](Cc1c[nH]cn1)C(=O)N[C@H](C=O)CC(=O)O. The first-order valence-corrected chi connectivity index (χ1v) is 11.9. The van der Waals surface area contributed by atoms with Gasteiger partial charge in [0.15, 0.2) is 0 Å². The summed E-state index contributed by atoms with van der Waals surface area (Å²) in [6.07, 6.45) is 2.06. The number of primary amides is 1. The van der Waals surface area contributed by atoms with Crippen molar-refractivity contribution >= 4 is 41.8 Å². The summed E-state index contributed by atoms with van der Waals surface area (Å²) in [4.78, 5) is 90.9. The summed E-state index contributed by atoms with van der Waals surface area (Å²) in [7, 11) is 0. The number of aldehydes is 1. The number of carbonyl (C=O) groups is 7. The number of aliphatic carboxylic acids is 1. The molecular formula is C23H35N7O8. The van der Waals surface area contributed by atoms with Crippen molar-refractivity contribution in [3.8, 4) is 0 Å². The molecule has 0 fully saturated rings. The second kappa shape index (κ2) is 15.7. The van der Waals surface area contributed by atoms with E-state index in [0.717, 1.165) is 0 Å². The van der Waals surface area contributed by atoms with Crippen molar-refractivity contribution in [2.75, 3.05) is 0 Å². The van der Waals surface area contributed by atoms with Crippen LogP contribution in [0.15, 0.2) is 12.5 Å². The topological polar surface area (TPSA) is 243 Å². The van der Waals surface area contributed by atoms with E-state index in [2.05, 4.69) is 31.2 Å². The van der Waals surface area contributed by atoms with Gasteiger partial charge in [-0.3, -0.25) is 28.8 Å². The number of carboxylic acid groups (broad SMARTS) is 1. The fourth-order valence-electron chi connectivity index (χ4n) is 3.47. The Morgan fingerprint density at radius 3 is 2.11 bits per heavy atom. The molecule has 8 N–H and O–H groups in total. The van der Waals surface area contributed by atoms with Gasteiger partial charge in [0.2, 0.25) is 29.5 Å². The fourth-order valence-corrected chi connectivity index (χ4v) is 3.47. The number of imidazole rings is 1. The third-order valence-corrected chi connectivity index (χ3v) is 5.20. The molecule has 15 heteroatoms. The molecule has 15 nitrogen and oxygen atoms in total. The number of aromatic amines is 1. The number of hydrogen-bond donors (Lipinski definition) is 7. The van der Waals surface area contributed by atoms with Gasteiger partial charge in [-0.1, -0.05) is 13.8 Å². The second-order valence-corrected chi connectivity index (χ2v) is 9.12. The highest BCUT2D eigenvalue weighted by atomic mass is 16.4. The predicted molar refractivity (Wildman–Crippen MR) is 132 cm³/mol. The highest BCUT2D eigenvalue weighted by molar-refractivity contribution is 5.95. The van der Waals surface area contributed by atoms with Crippen LogP contribution in [0.1, 0.15) is 52.1 Å². The van der Waals surface area contributed by atoms with Gasteiger partial charge in [-0.15, -0.1) is 0 Å². The Morgan fingerprint density at radius 1 is 1.00 bits per heavy atom. The number of amides is 5. The van der Waals surface area contributed by atoms with Crippen LogP contribution < -0.4 is 27.0 Å². The van der Waals surface area contributed by atoms with Crippen molar-refractivity contribution in [1.29, 1.82) is 0 Å². The zero-order valence-corrected chi connectivity index (χ0v) is 21.5. The van der Waals surface area contributed by atoms with Crippen LogP contribution in [0.4, 0.5) is 0 Å². The van der Waals surface area contributed by atoms with Gasteiger partial charge in [-0.25, -0.2) is 4.98 Å². The molecule has 0 aromatic carbocycles. The average molecular weight is 538 g/mol. The maximum absolute atomic E-state index is 13.2. The number of H-pyrrole nitrogens is 1. The van der Waals surface area contributed by atoms with E-state index in [0.29, 0.717) is 5.69 Å². The first kappa shape index (κ1) is 31.7. The number of nitrogens with one attached hydrogen (secondary N) is 5. The Balaban J connectivity index is 3.14. The molecule has 0 spiro atoms. The first-order valence-electron chi connectivity index (χ1n) is 11.9. The van der Waals surface area contributed by atoms with Gasteiger partial charge in [0, 0.05) is 26.0 Å². The van der Waals surface area contributed by atoms with E-state index < -0.39 is 66.1 Å². The molecule has 0 bridgehead atoms. The van der Waals surface area contributed by atoms with Crippen LogP contribution in [0.5, 0.6) is 0 Å². The van der Waals surface area contributed by atoms with Crippen LogP contribution in [0, 0.1) is 5.92 Å². The van der Waals surface area contributed by atoms with E-state index in [9.17, 15) is 33.6 Å². The summed E-state index contributed by atoms with van der Waals surface area (Å²) in [6, 6.07) is -4.94. The molecule has 1 rings (SSSR count). The Bertz CT molecular complexity index is 996. The molecule has 0 aliphatic rings. The number of carboxylic acids is 1. The zero-order valence-electron chi connectivity index (χ0n) is 21.5. The molecule has 210 valence electrons. The van der Waals surface area contributed by atoms with E-state index in [1.807, 2.05) is 13.8 Å². The Morgan fingerprint density at radius 2 is 1.61 bits per heavy atom. The molecule has 4 atom stereocenters. The van der Waals surface area contributed by atoms with Crippen molar-refractivity contribution in [2.24, 2.45) is 11.7 Å². The van der Waals surface area contributed by atoms with Gasteiger partial charge in [0.05, 0.1) is 24.5 Å². The Hall–Kier alpha value is -4.30. The van der Waals surface area contributed by atoms with Crippen LogP contribution in [0.25, 0.3) is 0 Å². The quantitative estimate of drug-likeness (QED) is 0.107. The minimum atomic E-state index is -1.35. The standard InChI is InChI=1S/C23H35N7O8/c1-12(2)6-17(27-13(3)32)23(38)29-16(4-5-19(24)33)21(36)30-18(7-14-9-25-11-26-14)22(37)28-15(10-31)8-20(34)35/h9-12,15-18H,4-8H2,1-3H3,(H2,24,33)(H,25,26)(H,27,32)(H,28,37)(H,29,38)(H,30,36)(H,34,35)/t15-,16-,17-,18-/m0/s1. The number of nitrogens with zero attached hydrogens (tertiary/aromatic N) is 1. The molecule has 0 unspecified atom stereocenters. The summed E-state index contributed by atoms with van der Waals surface area (Å²) >= 11 is 0. The lowest BCUT2D eigenvalue weighted by Crippen LogP contribution is -2.58. The summed E-state index contributed by atoms with van der Waals surface area (Å²) < 4.78 is 0. The summed E-state index contributed by atoms with van der Waals surface area (Å²) in [5, 5.41) is 18.7. The van der Waals surface area contributed by atoms with E-state index in [4.69, 9.17) is 10.8 Å². The van der Waals surface area contributed by atoms with Crippen LogP contribution in [0.3, 0.4) is 0 Å². The highest BCUT2D eigenvalue weighted by Crippen LogP contribution is 2.08. The fraction of sp³-hybridized carbons (Fsp3) is 0.565. The lowest BCUT2D eigenvalue weighted by molar-refractivity contribution is -0.139. The van der Waals surface area contributed by atoms with Gasteiger partial charge in [-0.05, 0) is 18.8 Å². The van der Waals surface area contributed by atoms with Crippen LogP contribution >= 0.6 is 0 Å². The molecule has 1 aromatic heterocycles. The molecular weight excluding hydrogens is 502 g/mol. The predicted octanol–water partition coefficient (Wildman–Crippen LogP) is -2.10. The Labute approximate surface area is 219 Å². The van der Waals surface area contributed by atoms with Crippen molar-refractivity contribution < 1.29 is 38.7 Å². The highest BCUT2D eigenvalue weighted by Gasteiger charge is 2.31.